The molecule has 0 fully saturated rings. The lowest BCUT2D eigenvalue weighted by Gasteiger charge is -2.00. The van der Waals surface area contributed by atoms with Gasteiger partial charge in [-0.15, -0.1) is 0 Å². The molecule has 0 aliphatic heterocycles. The minimum absolute atomic E-state index is 0.0188. The SMILES string of the molecule is CN(C)[n+]1cc(NC(=O)CSc2nc(O)cc(=O)[nH]2)on1. The zero-order chi connectivity index (χ0) is 15.4. The number of hydrogen-bond donors (Lipinski definition) is 3. The Morgan fingerprint density at radius 3 is 3.00 bits per heavy atom. The van der Waals surface area contributed by atoms with E-state index in [-0.39, 0.29) is 22.7 Å². The number of carbonyl (C=O) groups excluding carboxylic acids is 1. The highest BCUT2D eigenvalue weighted by molar-refractivity contribution is 7.99. The summed E-state index contributed by atoms with van der Waals surface area (Å²) >= 11 is 0.971. The van der Waals surface area contributed by atoms with Crippen molar-refractivity contribution in [1.29, 1.82) is 0 Å². The molecule has 2 rings (SSSR count). The molecule has 112 valence electrons. The predicted octanol–water partition coefficient (Wildman–Crippen LogP) is -1.32. The summed E-state index contributed by atoms with van der Waals surface area (Å²) < 4.78 is 4.90. The second-order valence-electron chi connectivity index (χ2n) is 4.08. The quantitative estimate of drug-likeness (QED) is 0.352. The van der Waals surface area contributed by atoms with Gasteiger partial charge in [0.15, 0.2) is 5.16 Å². The highest BCUT2D eigenvalue weighted by Gasteiger charge is 2.16. The van der Waals surface area contributed by atoms with Crippen LogP contribution in [0.4, 0.5) is 5.88 Å². The molecule has 0 aliphatic carbocycles. The zero-order valence-corrected chi connectivity index (χ0v) is 12.0. The fraction of sp³-hybridized carbons (Fsp3) is 0.300. The first-order valence-corrected chi connectivity index (χ1v) is 6.72. The Morgan fingerprint density at radius 2 is 2.38 bits per heavy atom. The van der Waals surface area contributed by atoms with E-state index in [1.807, 2.05) is 0 Å². The van der Waals surface area contributed by atoms with Gasteiger partial charge in [-0.25, -0.2) is 0 Å². The molecule has 0 unspecified atom stereocenters. The van der Waals surface area contributed by atoms with Crippen molar-refractivity contribution in [2.24, 2.45) is 0 Å². The summed E-state index contributed by atoms with van der Waals surface area (Å²) in [6, 6.07) is 0.943. The third kappa shape index (κ3) is 4.21. The van der Waals surface area contributed by atoms with Crippen LogP contribution in [-0.4, -0.2) is 46.1 Å². The van der Waals surface area contributed by atoms with E-state index in [0.717, 1.165) is 17.8 Å². The summed E-state index contributed by atoms with van der Waals surface area (Å²) in [7, 11) is 3.52. The summed E-state index contributed by atoms with van der Waals surface area (Å²) in [6.45, 7) is 0. The molecule has 0 bridgehead atoms. The summed E-state index contributed by atoms with van der Waals surface area (Å²) in [4.78, 5) is 30.3. The molecule has 0 saturated carbocycles. The van der Waals surface area contributed by atoms with Crippen LogP contribution in [0, 0.1) is 0 Å². The van der Waals surface area contributed by atoms with Gasteiger partial charge < -0.3 is 10.1 Å². The van der Waals surface area contributed by atoms with Gasteiger partial charge in [-0.3, -0.25) is 19.4 Å². The van der Waals surface area contributed by atoms with Crippen LogP contribution in [0.25, 0.3) is 0 Å². The van der Waals surface area contributed by atoms with Crippen molar-refractivity contribution in [2.75, 3.05) is 30.2 Å². The average Bonchev–Trinajstić information content (AvgIpc) is 2.84. The van der Waals surface area contributed by atoms with E-state index < -0.39 is 11.4 Å². The van der Waals surface area contributed by atoms with Gasteiger partial charge in [0.2, 0.25) is 17.1 Å². The third-order valence-corrected chi connectivity index (χ3v) is 3.05. The van der Waals surface area contributed by atoms with Crippen LogP contribution < -0.4 is 20.7 Å². The zero-order valence-electron chi connectivity index (χ0n) is 11.2. The van der Waals surface area contributed by atoms with E-state index >= 15 is 0 Å². The highest BCUT2D eigenvalue weighted by Crippen LogP contribution is 2.13. The number of aromatic hydroxyl groups is 1. The van der Waals surface area contributed by atoms with Crippen LogP contribution in [0.15, 0.2) is 26.7 Å². The van der Waals surface area contributed by atoms with Crippen molar-refractivity contribution in [1.82, 2.24) is 15.2 Å². The van der Waals surface area contributed by atoms with Gasteiger partial charge in [-0.2, -0.15) is 9.99 Å². The van der Waals surface area contributed by atoms with E-state index in [2.05, 4.69) is 20.6 Å². The van der Waals surface area contributed by atoms with Crippen LogP contribution in [0.5, 0.6) is 5.88 Å². The molecule has 10 nitrogen and oxygen atoms in total. The molecular formula is C10H13N6O4S+. The van der Waals surface area contributed by atoms with E-state index in [0.29, 0.717) is 0 Å². The van der Waals surface area contributed by atoms with E-state index in [1.54, 1.807) is 19.1 Å². The van der Waals surface area contributed by atoms with Crippen LogP contribution in [0.2, 0.25) is 0 Å². The van der Waals surface area contributed by atoms with Crippen molar-refractivity contribution in [2.45, 2.75) is 5.16 Å². The first-order chi connectivity index (χ1) is 9.94. The van der Waals surface area contributed by atoms with Crippen LogP contribution >= 0.6 is 11.8 Å². The molecule has 0 radical (unpaired) electrons. The van der Waals surface area contributed by atoms with Crippen molar-refractivity contribution in [3.63, 3.8) is 0 Å². The summed E-state index contributed by atoms with van der Waals surface area (Å²) in [5, 5.41) is 17.1. The maximum atomic E-state index is 11.7. The largest absolute Gasteiger partial charge is 0.493 e. The molecule has 1 amide bonds. The number of thioether (sulfide) groups is 1. The Balaban J connectivity index is 1.91. The molecule has 2 heterocycles. The fourth-order valence-corrected chi connectivity index (χ4v) is 1.95. The topological polar surface area (TPSA) is 128 Å². The van der Waals surface area contributed by atoms with Crippen molar-refractivity contribution in [3.05, 3.63) is 22.6 Å². The maximum Gasteiger partial charge on any atom is 0.305 e. The molecule has 0 saturated heterocycles. The fourth-order valence-electron chi connectivity index (χ4n) is 1.28. The molecule has 0 aliphatic rings. The van der Waals surface area contributed by atoms with Gasteiger partial charge in [0.05, 0.1) is 30.7 Å². The number of nitrogens with one attached hydrogen (secondary N) is 2. The second-order valence-corrected chi connectivity index (χ2v) is 5.04. The minimum atomic E-state index is -0.493. The smallest absolute Gasteiger partial charge is 0.305 e. The van der Waals surface area contributed by atoms with Crippen molar-refractivity contribution in [3.8, 4) is 5.88 Å². The highest BCUT2D eigenvalue weighted by atomic mass is 32.2. The molecule has 3 N–H and O–H groups in total. The summed E-state index contributed by atoms with van der Waals surface area (Å²) in [5.41, 5.74) is -0.493. The van der Waals surface area contributed by atoms with Gasteiger partial charge in [0.1, 0.15) is 0 Å². The summed E-state index contributed by atoms with van der Waals surface area (Å²) in [5.74, 6) is -0.599. The number of aromatic amines is 1. The number of nitrogens with zero attached hydrogens (tertiary/aromatic N) is 4. The van der Waals surface area contributed by atoms with Crippen molar-refractivity contribution >= 4 is 23.6 Å². The lowest BCUT2D eigenvalue weighted by atomic mass is 10.6. The van der Waals surface area contributed by atoms with Gasteiger partial charge in [-0.1, -0.05) is 11.8 Å². The third-order valence-electron chi connectivity index (χ3n) is 2.17. The molecule has 0 aromatic carbocycles. The second kappa shape index (κ2) is 6.26. The van der Waals surface area contributed by atoms with Gasteiger partial charge >= 0.3 is 5.88 Å². The minimum Gasteiger partial charge on any atom is -0.493 e. The van der Waals surface area contributed by atoms with Gasteiger partial charge in [0.25, 0.3) is 11.8 Å². The number of H-pyrrole nitrogens is 1. The van der Waals surface area contributed by atoms with Gasteiger partial charge in [0, 0.05) is 0 Å². The number of carbonyl (C=O) groups is 1. The number of amides is 1. The van der Waals surface area contributed by atoms with Gasteiger partial charge in [-0.05, 0) is 0 Å². The Kier molecular flexibility index (Phi) is 4.42. The molecule has 2 aromatic rings. The lowest BCUT2D eigenvalue weighted by Crippen LogP contribution is -2.53. The standard InChI is InChI=1S/C10H12N6O4S/c1-15(2)16-4-9(20-14-16)11-8(19)5-21-10-12-6(17)3-7(18)13-10/h3-4H,5H2,1-2H3,(H2-,11,12,13,14,17,18,19)/p+1. The predicted molar refractivity (Wildman–Crippen MR) is 72.6 cm³/mol. The normalized spacial score (nSPS) is 10.4. The van der Waals surface area contributed by atoms with Crippen LogP contribution in [0.3, 0.4) is 0 Å². The molecule has 11 heteroatoms. The molecule has 0 atom stereocenters. The molecule has 2 aromatic heterocycles. The molecular weight excluding hydrogens is 300 g/mol. The van der Waals surface area contributed by atoms with Crippen molar-refractivity contribution < 1.29 is 19.2 Å². The number of rotatable bonds is 5. The number of anilines is 1. The first-order valence-electron chi connectivity index (χ1n) is 5.73. The maximum absolute atomic E-state index is 11.7. The Labute approximate surface area is 122 Å². The monoisotopic (exact) mass is 313 g/mol. The number of hydrogen-bond acceptors (Lipinski definition) is 8. The molecule has 21 heavy (non-hydrogen) atoms. The average molecular weight is 313 g/mol. The van der Waals surface area contributed by atoms with E-state index in [1.165, 1.54) is 11.0 Å². The van der Waals surface area contributed by atoms with Crippen LogP contribution in [-0.2, 0) is 4.79 Å². The van der Waals surface area contributed by atoms with E-state index in [4.69, 9.17) is 4.52 Å². The Morgan fingerprint density at radius 1 is 1.62 bits per heavy atom. The summed E-state index contributed by atoms with van der Waals surface area (Å²) in [6.07, 6.45) is 1.50. The first kappa shape index (κ1) is 14.8. The van der Waals surface area contributed by atoms with E-state index in [9.17, 15) is 14.7 Å². The Bertz CT molecular complexity index is 697. The number of aromatic nitrogens is 4. The van der Waals surface area contributed by atoms with Crippen LogP contribution in [0.1, 0.15) is 0 Å². The Hall–Kier alpha value is -2.56. The molecule has 0 spiro atoms. The lowest BCUT2D eigenvalue weighted by molar-refractivity contribution is -0.753.